The Bertz CT molecular complexity index is 1200. The fourth-order valence-electron chi connectivity index (χ4n) is 4.77. The summed E-state index contributed by atoms with van der Waals surface area (Å²) in [5.74, 6) is -0.00203. The Labute approximate surface area is 191 Å². The van der Waals surface area contributed by atoms with Crippen LogP contribution in [0.1, 0.15) is 58.3 Å². The first-order valence-electron chi connectivity index (χ1n) is 11.4. The summed E-state index contributed by atoms with van der Waals surface area (Å²) >= 11 is 0. The normalized spacial score (nSPS) is 18.7. The number of nitrogens with one attached hydrogen (secondary N) is 1. The quantitative estimate of drug-likeness (QED) is 0.664. The molecular formula is C25H26FN5O2. The highest BCUT2D eigenvalue weighted by molar-refractivity contribution is 5.94. The van der Waals surface area contributed by atoms with Crippen LogP contribution < -0.4 is 5.56 Å². The number of pyridine rings is 1. The second-order valence-electron chi connectivity index (χ2n) is 8.71. The summed E-state index contributed by atoms with van der Waals surface area (Å²) in [6.07, 6.45) is 6.78. The highest BCUT2D eigenvalue weighted by atomic mass is 19.1. The molecule has 4 heterocycles. The van der Waals surface area contributed by atoms with Crippen molar-refractivity contribution < 1.29 is 9.18 Å². The molecule has 1 atom stereocenters. The van der Waals surface area contributed by atoms with Gasteiger partial charge in [0.25, 0.3) is 11.5 Å². The van der Waals surface area contributed by atoms with Gasteiger partial charge in [0, 0.05) is 49.7 Å². The van der Waals surface area contributed by atoms with Crippen molar-refractivity contribution in [3.8, 4) is 0 Å². The number of benzene rings is 1. The summed E-state index contributed by atoms with van der Waals surface area (Å²) in [5, 5.41) is 0. The minimum absolute atomic E-state index is 0.113. The number of halogens is 1. The van der Waals surface area contributed by atoms with Gasteiger partial charge in [-0.3, -0.25) is 19.5 Å². The molecule has 0 aliphatic carbocycles. The van der Waals surface area contributed by atoms with E-state index >= 15 is 0 Å². The van der Waals surface area contributed by atoms with Gasteiger partial charge in [-0.1, -0.05) is 0 Å². The monoisotopic (exact) mass is 447 g/mol. The van der Waals surface area contributed by atoms with Crippen molar-refractivity contribution in [1.82, 2.24) is 24.8 Å². The van der Waals surface area contributed by atoms with Crippen molar-refractivity contribution in [2.24, 2.45) is 0 Å². The average Bonchev–Trinajstić information content (AvgIpc) is 2.84. The molecule has 1 aromatic carbocycles. The SMILES string of the molecule is O=C(c1ccc(F)cc1)N1CCCC[C@@H]1c1nc2c(c(=O)[nH]1)CCN(Cc1ccncc1)C2. The number of fused-ring (bicyclic) bond motifs is 1. The van der Waals surface area contributed by atoms with Gasteiger partial charge in [-0.05, 0) is 67.6 Å². The summed E-state index contributed by atoms with van der Waals surface area (Å²) in [5.41, 5.74) is 3.01. The third-order valence-corrected chi connectivity index (χ3v) is 6.50. The van der Waals surface area contributed by atoms with Crippen molar-refractivity contribution in [3.63, 3.8) is 0 Å². The molecule has 3 aromatic rings. The van der Waals surface area contributed by atoms with E-state index in [2.05, 4.69) is 14.9 Å². The number of aromatic nitrogens is 3. The van der Waals surface area contributed by atoms with E-state index in [1.807, 2.05) is 12.1 Å². The molecule has 1 fully saturated rings. The van der Waals surface area contributed by atoms with Crippen LogP contribution in [0, 0.1) is 5.82 Å². The van der Waals surface area contributed by atoms with E-state index in [1.165, 1.54) is 29.8 Å². The predicted octanol–water partition coefficient (Wildman–Crippen LogP) is 3.23. The molecule has 5 rings (SSSR count). The predicted molar refractivity (Wildman–Crippen MR) is 121 cm³/mol. The molecule has 1 amide bonds. The Morgan fingerprint density at radius 2 is 1.88 bits per heavy atom. The summed E-state index contributed by atoms with van der Waals surface area (Å²) in [6, 6.07) is 9.28. The zero-order chi connectivity index (χ0) is 22.8. The first-order valence-corrected chi connectivity index (χ1v) is 11.4. The number of rotatable bonds is 4. The van der Waals surface area contributed by atoms with Crippen molar-refractivity contribution in [2.75, 3.05) is 13.1 Å². The summed E-state index contributed by atoms with van der Waals surface area (Å²) in [7, 11) is 0. The topological polar surface area (TPSA) is 82.2 Å². The molecule has 170 valence electrons. The van der Waals surface area contributed by atoms with Crippen LogP contribution in [-0.2, 0) is 19.5 Å². The Kier molecular flexibility index (Phi) is 6.00. The van der Waals surface area contributed by atoms with Gasteiger partial charge in [0.1, 0.15) is 11.6 Å². The van der Waals surface area contributed by atoms with Crippen LogP contribution in [0.4, 0.5) is 4.39 Å². The molecule has 2 aliphatic rings. The van der Waals surface area contributed by atoms with Crippen LogP contribution in [-0.4, -0.2) is 43.7 Å². The molecule has 8 heteroatoms. The molecule has 2 aromatic heterocycles. The van der Waals surface area contributed by atoms with Gasteiger partial charge in [0.15, 0.2) is 0 Å². The van der Waals surface area contributed by atoms with E-state index in [4.69, 9.17) is 4.98 Å². The van der Waals surface area contributed by atoms with Gasteiger partial charge >= 0.3 is 0 Å². The maximum atomic E-state index is 13.3. The molecule has 1 saturated heterocycles. The van der Waals surface area contributed by atoms with E-state index in [9.17, 15) is 14.0 Å². The fourth-order valence-corrected chi connectivity index (χ4v) is 4.77. The van der Waals surface area contributed by atoms with E-state index in [1.54, 1.807) is 17.3 Å². The number of hydrogen-bond acceptors (Lipinski definition) is 5. The summed E-state index contributed by atoms with van der Waals surface area (Å²) in [6.45, 7) is 2.73. The van der Waals surface area contributed by atoms with Crippen molar-refractivity contribution in [3.05, 3.63) is 93.2 Å². The van der Waals surface area contributed by atoms with Crippen LogP contribution in [0.15, 0.2) is 53.6 Å². The number of H-pyrrole nitrogens is 1. The highest BCUT2D eigenvalue weighted by Crippen LogP contribution is 2.31. The van der Waals surface area contributed by atoms with Crippen molar-refractivity contribution in [1.29, 1.82) is 0 Å². The van der Waals surface area contributed by atoms with Gasteiger partial charge in [-0.15, -0.1) is 0 Å². The summed E-state index contributed by atoms with van der Waals surface area (Å²) < 4.78 is 13.3. The second kappa shape index (κ2) is 9.23. The lowest BCUT2D eigenvalue weighted by atomic mass is 9.99. The molecule has 33 heavy (non-hydrogen) atoms. The van der Waals surface area contributed by atoms with Crippen LogP contribution in [0.3, 0.4) is 0 Å². The maximum absolute atomic E-state index is 13.3. The zero-order valence-corrected chi connectivity index (χ0v) is 18.3. The molecule has 0 radical (unpaired) electrons. The molecule has 0 spiro atoms. The Morgan fingerprint density at radius 3 is 2.67 bits per heavy atom. The molecular weight excluding hydrogens is 421 g/mol. The number of nitrogens with zero attached hydrogens (tertiary/aromatic N) is 4. The first kappa shape index (κ1) is 21.5. The van der Waals surface area contributed by atoms with Crippen LogP contribution in [0.2, 0.25) is 0 Å². The molecule has 7 nitrogen and oxygen atoms in total. The number of hydrogen-bond donors (Lipinski definition) is 1. The third kappa shape index (κ3) is 4.57. The van der Waals surface area contributed by atoms with Gasteiger partial charge in [0.2, 0.25) is 0 Å². The standard InChI is InChI=1S/C25H26FN5O2/c26-19-6-4-18(5-7-19)25(33)31-13-2-1-3-22(31)23-28-21-16-30(14-10-20(21)24(32)29-23)15-17-8-11-27-12-9-17/h4-9,11-12,22H,1-3,10,13-16H2,(H,28,29,32)/t22-/m1/s1. The van der Waals surface area contributed by atoms with Crippen molar-refractivity contribution in [2.45, 2.75) is 44.8 Å². The smallest absolute Gasteiger partial charge is 0.254 e. The fraction of sp³-hybridized carbons (Fsp3) is 0.360. The molecule has 0 saturated carbocycles. The highest BCUT2D eigenvalue weighted by Gasteiger charge is 2.32. The molecule has 0 unspecified atom stereocenters. The van der Waals surface area contributed by atoms with Gasteiger partial charge in [-0.25, -0.2) is 9.37 Å². The Balaban J connectivity index is 1.41. The lowest BCUT2D eigenvalue weighted by Gasteiger charge is -2.36. The molecule has 2 aliphatic heterocycles. The van der Waals surface area contributed by atoms with Crippen LogP contribution >= 0.6 is 0 Å². The van der Waals surface area contributed by atoms with E-state index in [0.29, 0.717) is 30.9 Å². The van der Waals surface area contributed by atoms with Crippen LogP contribution in [0.25, 0.3) is 0 Å². The van der Waals surface area contributed by atoms with E-state index in [-0.39, 0.29) is 23.3 Å². The first-order chi connectivity index (χ1) is 16.1. The van der Waals surface area contributed by atoms with Gasteiger partial charge in [-0.2, -0.15) is 0 Å². The number of carbonyl (C=O) groups is 1. The third-order valence-electron chi connectivity index (χ3n) is 6.50. The van der Waals surface area contributed by atoms with Gasteiger partial charge in [0.05, 0.1) is 11.7 Å². The van der Waals surface area contributed by atoms with E-state index < -0.39 is 0 Å². The zero-order valence-electron chi connectivity index (χ0n) is 18.3. The minimum Gasteiger partial charge on any atom is -0.328 e. The number of aromatic amines is 1. The van der Waals surface area contributed by atoms with E-state index in [0.717, 1.165) is 43.6 Å². The molecule has 0 bridgehead atoms. The average molecular weight is 448 g/mol. The largest absolute Gasteiger partial charge is 0.328 e. The lowest BCUT2D eigenvalue weighted by Crippen LogP contribution is -2.41. The van der Waals surface area contributed by atoms with Gasteiger partial charge < -0.3 is 9.88 Å². The summed E-state index contributed by atoms with van der Waals surface area (Å²) in [4.78, 5) is 42.0. The van der Waals surface area contributed by atoms with Crippen molar-refractivity contribution >= 4 is 5.91 Å². The lowest BCUT2D eigenvalue weighted by molar-refractivity contribution is 0.0598. The Morgan fingerprint density at radius 1 is 1.09 bits per heavy atom. The minimum atomic E-state index is -0.376. The number of amides is 1. The number of carbonyl (C=O) groups excluding carboxylic acids is 1. The number of piperidine rings is 1. The molecule has 1 N–H and O–H groups in total. The van der Waals surface area contributed by atoms with Crippen LogP contribution in [0.5, 0.6) is 0 Å². The second-order valence-corrected chi connectivity index (χ2v) is 8.71. The Hall–Kier alpha value is -3.39. The number of likely N-dealkylation sites (tertiary alicyclic amines) is 1. The maximum Gasteiger partial charge on any atom is 0.254 e.